The molecule has 0 radical (unpaired) electrons. The molecule has 0 fully saturated rings. The number of thiazole rings is 1. The highest BCUT2D eigenvalue weighted by Crippen LogP contribution is 2.33. The molecule has 1 heterocycles. The molecule has 0 saturated carbocycles. The molecule has 0 aliphatic heterocycles. The molecule has 126 valence electrons. The van der Waals surface area contributed by atoms with Crippen molar-refractivity contribution < 1.29 is 4.79 Å². The van der Waals surface area contributed by atoms with Gasteiger partial charge in [-0.25, -0.2) is 4.98 Å². The van der Waals surface area contributed by atoms with Crippen molar-refractivity contribution in [2.45, 2.75) is 34.1 Å². The molecule has 2 aromatic rings. The average Bonchev–Trinajstić information content (AvgIpc) is 2.95. The molecule has 23 heavy (non-hydrogen) atoms. The second-order valence-corrected chi connectivity index (χ2v) is 6.94. The minimum atomic E-state index is 0.111. The minimum Gasteiger partial charge on any atom is -0.302 e. The molecule has 0 N–H and O–H groups in total. The van der Waals surface area contributed by atoms with E-state index in [4.69, 9.17) is 16.6 Å². The monoisotopic (exact) mass is 353 g/mol. The lowest BCUT2D eigenvalue weighted by Crippen LogP contribution is -2.38. The number of halogens is 1. The molecular weight excluding hydrogens is 330 g/mol. The number of anilines is 1. The molecule has 0 aliphatic rings. The zero-order chi connectivity index (χ0) is 17.0. The van der Waals surface area contributed by atoms with E-state index < -0.39 is 0 Å². The fourth-order valence-electron chi connectivity index (χ4n) is 2.56. The number of nitrogens with zero attached hydrogens (tertiary/aromatic N) is 3. The summed E-state index contributed by atoms with van der Waals surface area (Å²) in [6.07, 6.45) is 0.480. The van der Waals surface area contributed by atoms with Crippen molar-refractivity contribution in [1.82, 2.24) is 9.88 Å². The molecule has 0 aliphatic carbocycles. The number of likely N-dealkylation sites (N-methyl/N-ethyl adjacent to an activating group) is 1. The van der Waals surface area contributed by atoms with E-state index in [-0.39, 0.29) is 5.91 Å². The maximum absolute atomic E-state index is 12.4. The molecular formula is C17H24ClN3OS. The van der Waals surface area contributed by atoms with Crippen LogP contribution in [-0.2, 0) is 4.79 Å². The normalized spacial score (nSPS) is 11.4. The van der Waals surface area contributed by atoms with Gasteiger partial charge in [-0.2, -0.15) is 0 Å². The number of fused-ring (bicyclic) bond motifs is 1. The van der Waals surface area contributed by atoms with E-state index in [0.29, 0.717) is 18.0 Å². The lowest BCUT2D eigenvalue weighted by molar-refractivity contribution is -0.118. The SMILES string of the molecule is CCC(=O)N(CCN(CC)CC)c1nc2c(C)cc(Cl)cc2s1. The second kappa shape index (κ2) is 8.08. The first-order valence-electron chi connectivity index (χ1n) is 8.09. The predicted octanol–water partition coefficient (Wildman–Crippen LogP) is 4.34. The van der Waals surface area contributed by atoms with Crippen molar-refractivity contribution in [2.75, 3.05) is 31.1 Å². The molecule has 1 aromatic carbocycles. The number of carbonyl (C=O) groups is 1. The van der Waals surface area contributed by atoms with E-state index in [1.165, 1.54) is 11.3 Å². The van der Waals surface area contributed by atoms with Crippen LogP contribution in [0.2, 0.25) is 5.02 Å². The Morgan fingerprint density at radius 2 is 1.91 bits per heavy atom. The van der Waals surface area contributed by atoms with Crippen LogP contribution in [0.3, 0.4) is 0 Å². The lowest BCUT2D eigenvalue weighted by atomic mass is 10.2. The Morgan fingerprint density at radius 1 is 1.22 bits per heavy atom. The smallest absolute Gasteiger partial charge is 0.228 e. The average molecular weight is 354 g/mol. The van der Waals surface area contributed by atoms with E-state index in [1.54, 1.807) is 0 Å². The Kier molecular flexibility index (Phi) is 6.39. The van der Waals surface area contributed by atoms with Gasteiger partial charge in [0.05, 0.1) is 10.2 Å². The van der Waals surface area contributed by atoms with Crippen molar-refractivity contribution in [3.8, 4) is 0 Å². The zero-order valence-corrected chi connectivity index (χ0v) is 15.8. The molecule has 2 rings (SSSR count). The number of aromatic nitrogens is 1. The highest BCUT2D eigenvalue weighted by Gasteiger charge is 2.19. The first-order valence-corrected chi connectivity index (χ1v) is 9.28. The minimum absolute atomic E-state index is 0.111. The van der Waals surface area contributed by atoms with Crippen LogP contribution in [0.4, 0.5) is 5.13 Å². The number of hydrogen-bond acceptors (Lipinski definition) is 4. The van der Waals surface area contributed by atoms with Gasteiger partial charge in [-0.05, 0) is 37.7 Å². The Labute approximate surface area is 147 Å². The third-order valence-corrected chi connectivity index (χ3v) is 5.25. The van der Waals surface area contributed by atoms with E-state index >= 15 is 0 Å². The Hall–Kier alpha value is -1.17. The first kappa shape index (κ1) is 18.2. The number of carbonyl (C=O) groups excluding carboxylic acids is 1. The Bertz CT molecular complexity index is 682. The van der Waals surface area contributed by atoms with Gasteiger partial charge in [0.2, 0.25) is 5.91 Å². The van der Waals surface area contributed by atoms with Crippen molar-refractivity contribution in [1.29, 1.82) is 0 Å². The standard InChI is InChI=1S/C17H24ClN3OS/c1-5-15(22)21(9-8-20(6-2)7-3)17-19-16-12(4)10-13(18)11-14(16)23-17/h10-11H,5-9H2,1-4H3. The Balaban J connectivity index is 2.32. The molecule has 0 bridgehead atoms. The molecule has 1 amide bonds. The number of benzene rings is 1. The number of hydrogen-bond donors (Lipinski definition) is 0. The van der Waals surface area contributed by atoms with Gasteiger partial charge in [-0.15, -0.1) is 0 Å². The largest absolute Gasteiger partial charge is 0.302 e. The summed E-state index contributed by atoms with van der Waals surface area (Å²) >= 11 is 7.67. The number of rotatable bonds is 7. The maximum atomic E-state index is 12.4. The van der Waals surface area contributed by atoms with Crippen molar-refractivity contribution in [3.63, 3.8) is 0 Å². The molecule has 1 aromatic heterocycles. The topological polar surface area (TPSA) is 36.4 Å². The molecule has 0 saturated heterocycles. The van der Waals surface area contributed by atoms with Gasteiger partial charge in [-0.3, -0.25) is 9.69 Å². The van der Waals surface area contributed by atoms with Crippen LogP contribution >= 0.6 is 22.9 Å². The summed E-state index contributed by atoms with van der Waals surface area (Å²) in [6.45, 7) is 11.7. The number of amides is 1. The van der Waals surface area contributed by atoms with Gasteiger partial charge in [-0.1, -0.05) is 43.7 Å². The summed E-state index contributed by atoms with van der Waals surface area (Å²) in [5, 5.41) is 1.48. The zero-order valence-electron chi connectivity index (χ0n) is 14.2. The fourth-order valence-corrected chi connectivity index (χ4v) is 4.02. The molecule has 6 heteroatoms. The van der Waals surface area contributed by atoms with Gasteiger partial charge in [0.1, 0.15) is 0 Å². The van der Waals surface area contributed by atoms with E-state index in [1.807, 2.05) is 30.9 Å². The predicted molar refractivity (Wildman–Crippen MR) is 99.8 cm³/mol. The summed E-state index contributed by atoms with van der Waals surface area (Å²) < 4.78 is 1.03. The van der Waals surface area contributed by atoms with Crippen molar-refractivity contribution in [2.24, 2.45) is 0 Å². The van der Waals surface area contributed by atoms with Gasteiger partial charge >= 0.3 is 0 Å². The summed E-state index contributed by atoms with van der Waals surface area (Å²) in [7, 11) is 0. The maximum Gasteiger partial charge on any atom is 0.228 e. The van der Waals surface area contributed by atoms with E-state index in [0.717, 1.165) is 40.5 Å². The van der Waals surface area contributed by atoms with Crippen LogP contribution in [0.15, 0.2) is 12.1 Å². The third kappa shape index (κ3) is 4.22. The highest BCUT2D eigenvalue weighted by atomic mass is 35.5. The van der Waals surface area contributed by atoms with Gasteiger partial charge in [0.15, 0.2) is 5.13 Å². The van der Waals surface area contributed by atoms with Gasteiger partial charge < -0.3 is 4.90 Å². The van der Waals surface area contributed by atoms with Crippen molar-refractivity contribution in [3.05, 3.63) is 22.7 Å². The second-order valence-electron chi connectivity index (χ2n) is 5.49. The molecule has 0 unspecified atom stereocenters. The molecule has 4 nitrogen and oxygen atoms in total. The summed E-state index contributed by atoms with van der Waals surface area (Å²) in [5.74, 6) is 0.111. The van der Waals surface area contributed by atoms with Crippen molar-refractivity contribution >= 4 is 44.2 Å². The Morgan fingerprint density at radius 3 is 2.52 bits per heavy atom. The van der Waals surface area contributed by atoms with Crippen LogP contribution in [0, 0.1) is 6.92 Å². The fraction of sp³-hybridized carbons (Fsp3) is 0.529. The summed E-state index contributed by atoms with van der Waals surface area (Å²) in [6, 6.07) is 3.83. The van der Waals surface area contributed by atoms with Gasteiger partial charge in [0.25, 0.3) is 0 Å². The summed E-state index contributed by atoms with van der Waals surface area (Å²) in [5.41, 5.74) is 1.98. The molecule has 0 spiro atoms. The van der Waals surface area contributed by atoms with E-state index in [2.05, 4.69) is 18.7 Å². The number of aryl methyl sites for hydroxylation is 1. The van der Waals surface area contributed by atoms with Crippen LogP contribution in [-0.4, -0.2) is 42.0 Å². The van der Waals surface area contributed by atoms with Crippen LogP contribution in [0.25, 0.3) is 10.2 Å². The first-order chi connectivity index (χ1) is 11.0. The van der Waals surface area contributed by atoms with Crippen LogP contribution in [0.5, 0.6) is 0 Å². The highest BCUT2D eigenvalue weighted by molar-refractivity contribution is 7.22. The quantitative estimate of drug-likeness (QED) is 0.742. The van der Waals surface area contributed by atoms with Crippen LogP contribution in [0.1, 0.15) is 32.8 Å². The van der Waals surface area contributed by atoms with Gasteiger partial charge in [0, 0.05) is 24.5 Å². The van der Waals surface area contributed by atoms with E-state index in [9.17, 15) is 4.79 Å². The van der Waals surface area contributed by atoms with Crippen LogP contribution < -0.4 is 4.90 Å². The molecule has 0 atom stereocenters. The lowest BCUT2D eigenvalue weighted by Gasteiger charge is -2.24. The third-order valence-electron chi connectivity index (χ3n) is 4.01. The summed E-state index contributed by atoms with van der Waals surface area (Å²) in [4.78, 5) is 21.2.